The number of rotatable bonds is 5. The number of nitrogens with zero attached hydrogens (tertiary/aromatic N) is 1. The van der Waals surface area contributed by atoms with Crippen LogP contribution in [0.1, 0.15) is 57.8 Å². The van der Waals surface area contributed by atoms with Crippen molar-refractivity contribution in [3.05, 3.63) is 0 Å². The van der Waals surface area contributed by atoms with E-state index in [1.807, 2.05) is 0 Å². The van der Waals surface area contributed by atoms with E-state index in [9.17, 15) is 0 Å². The van der Waals surface area contributed by atoms with Crippen molar-refractivity contribution < 1.29 is 19.8 Å². The van der Waals surface area contributed by atoms with E-state index in [1.54, 1.807) is 4.90 Å². The Morgan fingerprint density at radius 1 is 1.00 bits per heavy atom. The number of piperidine rings is 1. The quantitative estimate of drug-likeness (QED) is 0.470. The van der Waals surface area contributed by atoms with Crippen LogP contribution in [0.3, 0.4) is 0 Å². The lowest BCUT2D eigenvalue weighted by Gasteiger charge is -2.38. The Morgan fingerprint density at radius 3 is 2.72 bits per heavy atom. The molecule has 7 heteroatoms. The van der Waals surface area contributed by atoms with Crippen molar-refractivity contribution in [2.75, 3.05) is 45.9 Å². The molecule has 4 heterocycles. The number of hydrogen-bond donors (Lipinski definition) is 4. The highest BCUT2D eigenvalue weighted by Gasteiger charge is 2.44. The summed E-state index contributed by atoms with van der Waals surface area (Å²) in [6.07, 6.45) is 13.6. The molecule has 0 aromatic heterocycles. The maximum atomic E-state index is 6.18. The molecule has 1 aliphatic carbocycles. The zero-order valence-corrected chi connectivity index (χ0v) is 18.1. The smallest absolute Gasteiger partial charge is 0.183 e. The number of ether oxygens (including phenoxy) is 1. The Balaban J connectivity index is 1.13. The van der Waals surface area contributed by atoms with E-state index < -0.39 is 0 Å². The van der Waals surface area contributed by atoms with Crippen molar-refractivity contribution in [3.63, 3.8) is 0 Å². The van der Waals surface area contributed by atoms with Gasteiger partial charge in [0.15, 0.2) is 6.23 Å². The number of likely N-dealkylation sites (tertiary alicyclic amines) is 1. The number of nitrogens with two attached hydrogens (primary N) is 1. The van der Waals surface area contributed by atoms with Crippen molar-refractivity contribution in [1.82, 2.24) is 15.7 Å². The molecule has 0 radical (unpaired) electrons. The van der Waals surface area contributed by atoms with Crippen LogP contribution in [0.25, 0.3) is 0 Å². The van der Waals surface area contributed by atoms with Crippen LogP contribution in [0.4, 0.5) is 0 Å². The van der Waals surface area contributed by atoms with Gasteiger partial charge in [0.05, 0.1) is 39.0 Å². The highest BCUT2D eigenvalue weighted by atomic mass is 16.7. The lowest BCUT2D eigenvalue weighted by molar-refractivity contribution is -0.919. The molecule has 5 N–H and O–H groups in total. The molecule has 0 aromatic rings. The monoisotopic (exact) mass is 409 g/mol. The summed E-state index contributed by atoms with van der Waals surface area (Å²) in [6.45, 7) is 7.88. The summed E-state index contributed by atoms with van der Waals surface area (Å²) in [6, 6.07) is 0.625. The minimum absolute atomic E-state index is 0.189. The Morgan fingerprint density at radius 2 is 1.86 bits per heavy atom. The van der Waals surface area contributed by atoms with E-state index in [4.69, 9.17) is 9.57 Å². The first-order valence-electron chi connectivity index (χ1n) is 12.5. The van der Waals surface area contributed by atoms with E-state index in [2.05, 4.69) is 21.0 Å². The molecule has 0 aromatic carbocycles. The summed E-state index contributed by atoms with van der Waals surface area (Å²) in [5.74, 6) is 1.61. The molecule has 166 valence electrons. The molecule has 0 amide bonds. The topological polar surface area (TPSA) is 66.8 Å². The maximum absolute atomic E-state index is 6.18. The first-order valence-corrected chi connectivity index (χ1v) is 12.5. The first-order chi connectivity index (χ1) is 14.4. The van der Waals surface area contributed by atoms with Crippen LogP contribution in [0.2, 0.25) is 0 Å². The zero-order chi connectivity index (χ0) is 19.5. The van der Waals surface area contributed by atoms with Gasteiger partial charge in [-0.1, -0.05) is 19.3 Å². The standard InChI is InChI=1S/C22H41N5O2/c1-2-5-17(6-3-1)16-27-10-4-7-19(27)22-24-21(25-29-22)18-8-9-23-20(15-18)26-11-13-28-14-12-26/h17-25H,1-16H2/p+2. The first kappa shape index (κ1) is 20.6. The number of morpholine rings is 1. The molecule has 5 rings (SSSR count). The summed E-state index contributed by atoms with van der Waals surface area (Å²) in [7, 11) is 0. The minimum Gasteiger partial charge on any atom is -0.379 e. The fraction of sp³-hybridized carbons (Fsp3) is 1.00. The number of hydroxylamine groups is 1. The maximum Gasteiger partial charge on any atom is 0.183 e. The van der Waals surface area contributed by atoms with Gasteiger partial charge < -0.3 is 15.0 Å². The van der Waals surface area contributed by atoms with Crippen molar-refractivity contribution in [3.8, 4) is 0 Å². The summed E-state index contributed by atoms with van der Waals surface area (Å²) in [4.78, 5) is 10.6. The largest absolute Gasteiger partial charge is 0.379 e. The predicted molar refractivity (Wildman–Crippen MR) is 111 cm³/mol. The van der Waals surface area contributed by atoms with Gasteiger partial charge >= 0.3 is 0 Å². The second kappa shape index (κ2) is 9.90. The van der Waals surface area contributed by atoms with Crippen LogP contribution < -0.4 is 21.0 Å². The Kier molecular flexibility index (Phi) is 7.03. The Hall–Kier alpha value is -0.280. The van der Waals surface area contributed by atoms with E-state index in [-0.39, 0.29) is 6.23 Å². The van der Waals surface area contributed by atoms with E-state index in [0.717, 1.165) is 32.2 Å². The molecule has 7 nitrogen and oxygen atoms in total. The molecule has 1 saturated carbocycles. The average Bonchev–Trinajstić information content (AvgIpc) is 3.45. The van der Waals surface area contributed by atoms with E-state index in [1.165, 1.54) is 77.4 Å². The van der Waals surface area contributed by atoms with Gasteiger partial charge in [0.25, 0.3) is 0 Å². The lowest BCUT2D eigenvalue weighted by atomic mass is 9.88. The molecule has 5 aliphatic rings. The third-order valence-corrected chi connectivity index (χ3v) is 8.35. The summed E-state index contributed by atoms with van der Waals surface area (Å²) in [5.41, 5.74) is 3.42. The van der Waals surface area contributed by atoms with Gasteiger partial charge in [0, 0.05) is 50.6 Å². The number of quaternary nitrogens is 2. The van der Waals surface area contributed by atoms with Gasteiger partial charge in [0.1, 0.15) is 12.2 Å². The Labute approximate surface area is 176 Å². The molecule has 5 fully saturated rings. The lowest BCUT2D eigenvalue weighted by Crippen LogP contribution is -3.15. The molecular weight excluding hydrogens is 366 g/mol. The third kappa shape index (κ3) is 4.97. The molecular formula is C22H43N5O2+2. The van der Waals surface area contributed by atoms with Gasteiger partial charge in [-0.25, -0.2) is 4.90 Å². The normalized spacial score (nSPS) is 43.0. The van der Waals surface area contributed by atoms with Crippen LogP contribution in [0.15, 0.2) is 0 Å². The molecule has 0 bridgehead atoms. The van der Waals surface area contributed by atoms with Crippen molar-refractivity contribution >= 4 is 0 Å². The molecule has 29 heavy (non-hydrogen) atoms. The van der Waals surface area contributed by atoms with Crippen LogP contribution in [-0.2, 0) is 9.57 Å². The number of hydrogen-bond acceptors (Lipinski definition) is 5. The van der Waals surface area contributed by atoms with Gasteiger partial charge in [-0.05, 0) is 12.8 Å². The zero-order valence-electron chi connectivity index (χ0n) is 18.1. The van der Waals surface area contributed by atoms with Gasteiger partial charge in [-0.3, -0.25) is 10.2 Å². The third-order valence-electron chi connectivity index (χ3n) is 8.35. The fourth-order valence-corrected chi connectivity index (χ4v) is 6.68. The summed E-state index contributed by atoms with van der Waals surface area (Å²) < 4.78 is 5.55. The number of nitrogens with one attached hydrogen (secondary N) is 3. The fourth-order valence-electron chi connectivity index (χ4n) is 6.68. The van der Waals surface area contributed by atoms with Gasteiger partial charge in [-0.2, -0.15) is 5.48 Å². The van der Waals surface area contributed by atoms with E-state index >= 15 is 0 Å². The molecule has 4 saturated heterocycles. The summed E-state index contributed by atoms with van der Waals surface area (Å²) >= 11 is 0. The molecule has 4 aliphatic heterocycles. The minimum atomic E-state index is 0.189. The van der Waals surface area contributed by atoms with Crippen LogP contribution in [-0.4, -0.2) is 75.4 Å². The van der Waals surface area contributed by atoms with Crippen molar-refractivity contribution in [2.45, 2.75) is 82.4 Å². The van der Waals surface area contributed by atoms with Crippen molar-refractivity contribution in [1.29, 1.82) is 0 Å². The SMILES string of the molecule is C1CCC(C[NH+]2CCCC2C2NC(C3CC[NH2+]C(N4CCOCC4)C3)NO2)CC1. The molecule has 0 spiro atoms. The van der Waals surface area contributed by atoms with Crippen LogP contribution >= 0.6 is 0 Å². The predicted octanol–water partition coefficient (Wildman–Crippen LogP) is -0.978. The highest BCUT2D eigenvalue weighted by Crippen LogP contribution is 2.24. The second-order valence-electron chi connectivity index (χ2n) is 10.2. The van der Waals surface area contributed by atoms with Crippen molar-refractivity contribution in [2.24, 2.45) is 11.8 Å². The van der Waals surface area contributed by atoms with Crippen LogP contribution in [0.5, 0.6) is 0 Å². The summed E-state index contributed by atoms with van der Waals surface area (Å²) in [5, 5.41) is 6.43. The molecule has 6 atom stereocenters. The average molecular weight is 410 g/mol. The van der Waals surface area contributed by atoms with E-state index in [0.29, 0.717) is 24.3 Å². The van der Waals surface area contributed by atoms with Gasteiger partial charge in [-0.15, -0.1) is 0 Å². The highest BCUT2D eigenvalue weighted by molar-refractivity contribution is 4.85. The molecule has 6 unspecified atom stereocenters. The second-order valence-corrected chi connectivity index (χ2v) is 10.2. The Bertz CT molecular complexity index is 511. The van der Waals surface area contributed by atoms with Crippen LogP contribution in [0, 0.1) is 11.8 Å². The van der Waals surface area contributed by atoms with Gasteiger partial charge in [0.2, 0.25) is 0 Å².